The minimum atomic E-state index is -0.568. The molecule has 0 aliphatic carbocycles. The fraction of sp³-hybridized carbons (Fsp3) is 0.188. The van der Waals surface area contributed by atoms with Gasteiger partial charge in [-0.05, 0) is 36.8 Å². The normalized spacial score (nSPS) is 13.0. The summed E-state index contributed by atoms with van der Waals surface area (Å²) in [5.74, 6) is 0.224. The Hall–Kier alpha value is -2.04. The zero-order chi connectivity index (χ0) is 15.2. The standard InChI is InChI=1S/C16H16ClNO3/c1-11(9-12-5-2-3-6-13(12)17)16(20)18-14(10-19)15-7-4-8-21-15/h2-9,14,19H,10H2,1H3,(H,18,20)/b11-9-. The molecule has 0 fully saturated rings. The summed E-state index contributed by atoms with van der Waals surface area (Å²) in [5.41, 5.74) is 1.26. The van der Waals surface area contributed by atoms with Gasteiger partial charge >= 0.3 is 0 Å². The van der Waals surface area contributed by atoms with E-state index < -0.39 is 6.04 Å². The van der Waals surface area contributed by atoms with Gasteiger partial charge in [0, 0.05) is 10.6 Å². The Bertz CT molecular complexity index is 635. The highest BCUT2D eigenvalue weighted by molar-refractivity contribution is 6.32. The van der Waals surface area contributed by atoms with Crippen LogP contribution in [-0.2, 0) is 4.79 Å². The molecule has 1 heterocycles. The fourth-order valence-corrected chi connectivity index (χ4v) is 2.05. The third kappa shape index (κ3) is 3.97. The SMILES string of the molecule is C/C(=C/c1ccccc1Cl)C(=O)NC(CO)c1ccco1. The van der Waals surface area contributed by atoms with Gasteiger partial charge in [-0.1, -0.05) is 29.8 Å². The van der Waals surface area contributed by atoms with Crippen molar-refractivity contribution in [3.63, 3.8) is 0 Å². The molecule has 0 saturated heterocycles. The number of carbonyl (C=O) groups is 1. The summed E-state index contributed by atoms with van der Waals surface area (Å²) in [4.78, 5) is 12.1. The van der Waals surface area contributed by atoms with Gasteiger partial charge in [-0.3, -0.25) is 4.79 Å². The van der Waals surface area contributed by atoms with E-state index in [1.807, 2.05) is 18.2 Å². The quantitative estimate of drug-likeness (QED) is 0.834. The van der Waals surface area contributed by atoms with Crippen LogP contribution in [-0.4, -0.2) is 17.6 Å². The Labute approximate surface area is 128 Å². The molecule has 1 atom stereocenters. The minimum absolute atomic E-state index is 0.237. The Balaban J connectivity index is 2.11. The number of aliphatic hydroxyl groups excluding tert-OH is 1. The van der Waals surface area contributed by atoms with Crippen molar-refractivity contribution in [3.8, 4) is 0 Å². The smallest absolute Gasteiger partial charge is 0.247 e. The predicted molar refractivity (Wildman–Crippen MR) is 81.8 cm³/mol. The van der Waals surface area contributed by atoms with E-state index >= 15 is 0 Å². The van der Waals surface area contributed by atoms with Crippen LogP contribution in [0.2, 0.25) is 5.02 Å². The Kier molecular flexibility index (Phi) is 5.20. The van der Waals surface area contributed by atoms with E-state index in [1.165, 1.54) is 6.26 Å². The molecule has 0 aliphatic heterocycles. The molecule has 2 N–H and O–H groups in total. The lowest BCUT2D eigenvalue weighted by molar-refractivity contribution is -0.118. The lowest BCUT2D eigenvalue weighted by Crippen LogP contribution is -2.31. The molecule has 1 unspecified atom stereocenters. The first-order chi connectivity index (χ1) is 10.1. The maximum Gasteiger partial charge on any atom is 0.247 e. The fourth-order valence-electron chi connectivity index (χ4n) is 1.86. The lowest BCUT2D eigenvalue weighted by atomic mass is 10.1. The monoisotopic (exact) mass is 305 g/mol. The highest BCUT2D eigenvalue weighted by Crippen LogP contribution is 2.19. The van der Waals surface area contributed by atoms with Crippen LogP contribution in [0.3, 0.4) is 0 Å². The van der Waals surface area contributed by atoms with Crippen molar-refractivity contribution in [1.29, 1.82) is 0 Å². The predicted octanol–water partition coefficient (Wildman–Crippen LogP) is 3.19. The van der Waals surface area contributed by atoms with Crippen molar-refractivity contribution in [2.45, 2.75) is 13.0 Å². The highest BCUT2D eigenvalue weighted by atomic mass is 35.5. The second-order valence-corrected chi connectivity index (χ2v) is 4.98. The van der Waals surface area contributed by atoms with Gasteiger partial charge in [-0.15, -0.1) is 0 Å². The number of hydrogen-bond donors (Lipinski definition) is 2. The molecule has 0 radical (unpaired) electrons. The Morgan fingerprint density at radius 3 is 2.76 bits per heavy atom. The van der Waals surface area contributed by atoms with Gasteiger partial charge in [-0.2, -0.15) is 0 Å². The van der Waals surface area contributed by atoms with Gasteiger partial charge in [0.15, 0.2) is 0 Å². The number of carbonyl (C=O) groups excluding carboxylic acids is 1. The van der Waals surface area contributed by atoms with Crippen LogP contribution < -0.4 is 5.32 Å². The zero-order valence-electron chi connectivity index (χ0n) is 11.5. The van der Waals surface area contributed by atoms with Crippen LogP contribution in [0.5, 0.6) is 0 Å². The van der Waals surface area contributed by atoms with Crippen LogP contribution in [0.15, 0.2) is 52.7 Å². The van der Waals surface area contributed by atoms with E-state index in [4.69, 9.17) is 16.0 Å². The van der Waals surface area contributed by atoms with E-state index in [0.717, 1.165) is 5.56 Å². The van der Waals surface area contributed by atoms with Gasteiger partial charge in [0.1, 0.15) is 11.8 Å². The summed E-state index contributed by atoms with van der Waals surface area (Å²) in [6.45, 7) is 1.45. The maximum atomic E-state index is 12.1. The Morgan fingerprint density at radius 2 is 2.14 bits per heavy atom. The lowest BCUT2D eigenvalue weighted by Gasteiger charge is -2.14. The van der Waals surface area contributed by atoms with Crippen molar-refractivity contribution >= 4 is 23.6 Å². The number of hydrogen-bond acceptors (Lipinski definition) is 3. The largest absolute Gasteiger partial charge is 0.467 e. The van der Waals surface area contributed by atoms with Crippen molar-refractivity contribution in [1.82, 2.24) is 5.32 Å². The van der Waals surface area contributed by atoms with E-state index in [0.29, 0.717) is 16.4 Å². The summed E-state index contributed by atoms with van der Waals surface area (Å²) < 4.78 is 5.19. The van der Waals surface area contributed by atoms with Crippen LogP contribution in [0, 0.1) is 0 Å². The minimum Gasteiger partial charge on any atom is -0.467 e. The molecule has 110 valence electrons. The number of halogens is 1. The Morgan fingerprint density at radius 1 is 1.38 bits per heavy atom. The maximum absolute atomic E-state index is 12.1. The molecular formula is C16H16ClNO3. The van der Waals surface area contributed by atoms with Crippen LogP contribution in [0.25, 0.3) is 6.08 Å². The molecule has 5 heteroatoms. The molecule has 4 nitrogen and oxygen atoms in total. The van der Waals surface area contributed by atoms with Crippen molar-refractivity contribution < 1.29 is 14.3 Å². The molecule has 0 aliphatic rings. The number of amides is 1. The number of furan rings is 1. The molecular weight excluding hydrogens is 290 g/mol. The first kappa shape index (κ1) is 15.4. The number of rotatable bonds is 5. The zero-order valence-corrected chi connectivity index (χ0v) is 12.3. The topological polar surface area (TPSA) is 62.5 Å². The highest BCUT2D eigenvalue weighted by Gasteiger charge is 2.17. The summed E-state index contributed by atoms with van der Waals surface area (Å²) in [6, 6.07) is 10.1. The summed E-state index contributed by atoms with van der Waals surface area (Å²) in [7, 11) is 0. The second-order valence-electron chi connectivity index (χ2n) is 4.57. The average molecular weight is 306 g/mol. The molecule has 1 aromatic heterocycles. The summed E-state index contributed by atoms with van der Waals surface area (Å²) in [5, 5.41) is 12.6. The number of nitrogens with one attached hydrogen (secondary N) is 1. The van der Waals surface area contributed by atoms with E-state index in [-0.39, 0.29) is 12.5 Å². The summed E-state index contributed by atoms with van der Waals surface area (Å²) >= 11 is 6.06. The molecule has 1 amide bonds. The van der Waals surface area contributed by atoms with Gasteiger partial charge in [0.2, 0.25) is 5.91 Å². The van der Waals surface area contributed by atoms with Crippen LogP contribution in [0.4, 0.5) is 0 Å². The van der Waals surface area contributed by atoms with E-state index in [2.05, 4.69) is 5.32 Å². The van der Waals surface area contributed by atoms with Crippen molar-refractivity contribution in [3.05, 3.63) is 64.6 Å². The second kappa shape index (κ2) is 7.11. The van der Waals surface area contributed by atoms with Crippen LogP contribution >= 0.6 is 11.6 Å². The van der Waals surface area contributed by atoms with E-state index in [9.17, 15) is 9.90 Å². The van der Waals surface area contributed by atoms with Crippen LogP contribution in [0.1, 0.15) is 24.3 Å². The number of aliphatic hydroxyl groups is 1. The van der Waals surface area contributed by atoms with Gasteiger partial charge < -0.3 is 14.8 Å². The molecule has 21 heavy (non-hydrogen) atoms. The summed E-state index contributed by atoms with van der Waals surface area (Å²) in [6.07, 6.45) is 3.20. The van der Waals surface area contributed by atoms with E-state index in [1.54, 1.807) is 31.2 Å². The molecule has 2 aromatic rings. The van der Waals surface area contributed by atoms with Crippen molar-refractivity contribution in [2.75, 3.05) is 6.61 Å². The molecule has 2 rings (SSSR count). The third-order valence-corrected chi connectivity index (χ3v) is 3.35. The third-order valence-electron chi connectivity index (χ3n) is 3.01. The number of benzene rings is 1. The molecule has 0 spiro atoms. The first-order valence-electron chi connectivity index (χ1n) is 6.49. The van der Waals surface area contributed by atoms with Crippen molar-refractivity contribution in [2.24, 2.45) is 0 Å². The first-order valence-corrected chi connectivity index (χ1v) is 6.87. The molecule has 0 saturated carbocycles. The average Bonchev–Trinajstić information content (AvgIpc) is 3.00. The molecule has 0 bridgehead atoms. The van der Waals surface area contributed by atoms with Gasteiger partial charge in [0.05, 0.1) is 12.9 Å². The van der Waals surface area contributed by atoms with Gasteiger partial charge in [-0.25, -0.2) is 0 Å². The molecule has 1 aromatic carbocycles. The van der Waals surface area contributed by atoms with Gasteiger partial charge in [0.25, 0.3) is 0 Å².